The Hall–Kier alpha value is -4.18. The van der Waals surface area contributed by atoms with Crippen molar-refractivity contribution in [3.05, 3.63) is 70.9 Å². The van der Waals surface area contributed by atoms with E-state index in [2.05, 4.69) is 25.6 Å². The first kappa shape index (κ1) is 20.7. The van der Waals surface area contributed by atoms with Crippen molar-refractivity contribution in [3.8, 4) is 23.2 Å². The Balaban J connectivity index is 1.53. The molecule has 0 spiro atoms. The minimum atomic E-state index is -1.02. The lowest BCUT2D eigenvalue weighted by Gasteiger charge is -2.12. The number of para-hydroxylation sites is 1. The normalized spacial score (nSPS) is 11.2. The van der Waals surface area contributed by atoms with Crippen molar-refractivity contribution in [1.29, 1.82) is 0 Å². The van der Waals surface area contributed by atoms with E-state index in [-0.39, 0.29) is 5.56 Å². The fraction of sp³-hybridized carbons (Fsp3) is 0.136. The van der Waals surface area contributed by atoms with Gasteiger partial charge in [0.05, 0.1) is 35.4 Å². The topological polar surface area (TPSA) is 124 Å². The Morgan fingerprint density at radius 3 is 2.67 bits per heavy atom. The summed E-state index contributed by atoms with van der Waals surface area (Å²) in [5, 5.41) is 24.1. The van der Waals surface area contributed by atoms with Crippen LogP contribution in [0.25, 0.3) is 28.2 Å². The van der Waals surface area contributed by atoms with Crippen molar-refractivity contribution in [1.82, 2.24) is 34.7 Å². The van der Waals surface area contributed by atoms with Crippen LogP contribution < -0.4 is 4.74 Å². The Kier molecular flexibility index (Phi) is 5.27. The van der Waals surface area contributed by atoms with Gasteiger partial charge in [0.25, 0.3) is 6.01 Å². The third kappa shape index (κ3) is 3.70. The summed E-state index contributed by atoms with van der Waals surface area (Å²) in [6, 6.07) is 16.7. The molecular formula is C22H18ClN7O3. The van der Waals surface area contributed by atoms with E-state index in [0.29, 0.717) is 41.2 Å². The standard InChI is InChI=1S/C22H18ClN7O3/c1-2-33-22-24-16-5-3-4-15(21(31)32)19(16)29(22)12-13-6-8-14(9-7-13)30-17(10-11-18(30)23)20-25-27-28-26-20/h3-11H,2,12H2,1H3,(H,31,32)(H,25,26,27,28). The molecule has 2 aromatic carbocycles. The number of fused-ring (bicyclic) bond motifs is 1. The maximum Gasteiger partial charge on any atom is 0.337 e. The van der Waals surface area contributed by atoms with E-state index in [4.69, 9.17) is 16.3 Å². The highest BCUT2D eigenvalue weighted by atomic mass is 35.5. The second-order valence-corrected chi connectivity index (χ2v) is 7.57. The Morgan fingerprint density at radius 1 is 1.15 bits per heavy atom. The molecule has 0 unspecified atom stereocenters. The molecule has 0 aliphatic carbocycles. The van der Waals surface area contributed by atoms with Crippen LogP contribution in [0.4, 0.5) is 0 Å². The maximum absolute atomic E-state index is 11.8. The van der Waals surface area contributed by atoms with E-state index in [0.717, 1.165) is 16.9 Å². The predicted molar refractivity (Wildman–Crippen MR) is 121 cm³/mol. The van der Waals surface area contributed by atoms with Gasteiger partial charge in [-0.25, -0.2) is 9.89 Å². The molecule has 3 heterocycles. The molecular weight excluding hydrogens is 446 g/mol. The number of H-pyrrole nitrogens is 1. The lowest BCUT2D eigenvalue weighted by atomic mass is 10.1. The smallest absolute Gasteiger partial charge is 0.337 e. The minimum absolute atomic E-state index is 0.173. The van der Waals surface area contributed by atoms with Crippen LogP contribution in [0.5, 0.6) is 6.01 Å². The number of ether oxygens (including phenoxy) is 1. The number of aromatic amines is 1. The molecule has 0 bridgehead atoms. The second kappa shape index (κ2) is 8.40. The number of imidazole rings is 1. The number of rotatable bonds is 7. The molecule has 0 saturated heterocycles. The average molecular weight is 464 g/mol. The van der Waals surface area contributed by atoms with Crippen molar-refractivity contribution in [3.63, 3.8) is 0 Å². The van der Waals surface area contributed by atoms with Gasteiger partial charge < -0.3 is 9.84 Å². The summed E-state index contributed by atoms with van der Waals surface area (Å²) in [7, 11) is 0. The van der Waals surface area contributed by atoms with Crippen LogP contribution in [0.1, 0.15) is 22.8 Å². The number of aromatic nitrogens is 7. The molecule has 0 saturated carbocycles. The van der Waals surface area contributed by atoms with Crippen LogP contribution in [0.2, 0.25) is 5.15 Å². The van der Waals surface area contributed by atoms with Crippen molar-refractivity contribution in [2.24, 2.45) is 0 Å². The van der Waals surface area contributed by atoms with Gasteiger partial charge in [-0.2, -0.15) is 4.98 Å². The van der Waals surface area contributed by atoms with Crippen LogP contribution in [-0.4, -0.2) is 52.4 Å². The zero-order valence-corrected chi connectivity index (χ0v) is 18.2. The number of aromatic carboxylic acids is 1. The molecule has 2 N–H and O–H groups in total. The summed E-state index contributed by atoms with van der Waals surface area (Å²) >= 11 is 6.42. The van der Waals surface area contributed by atoms with E-state index < -0.39 is 5.97 Å². The van der Waals surface area contributed by atoms with Gasteiger partial charge in [-0.05, 0) is 59.3 Å². The van der Waals surface area contributed by atoms with Gasteiger partial charge in [0.2, 0.25) is 0 Å². The van der Waals surface area contributed by atoms with Gasteiger partial charge in [0, 0.05) is 5.69 Å². The molecule has 5 rings (SSSR count). The molecule has 0 atom stereocenters. The van der Waals surface area contributed by atoms with Gasteiger partial charge in [-0.3, -0.25) is 9.13 Å². The summed E-state index contributed by atoms with van der Waals surface area (Å²) in [5.41, 5.74) is 3.75. The Bertz CT molecular complexity index is 1440. The zero-order chi connectivity index (χ0) is 22.9. The SMILES string of the molecule is CCOc1nc2cccc(C(=O)O)c2n1Cc1ccc(-n2c(Cl)ccc2-c2nnn[nH]2)cc1. The van der Waals surface area contributed by atoms with Crippen LogP contribution in [0, 0.1) is 0 Å². The van der Waals surface area contributed by atoms with Crippen molar-refractivity contribution in [2.75, 3.05) is 6.61 Å². The van der Waals surface area contributed by atoms with Gasteiger partial charge in [-0.1, -0.05) is 29.8 Å². The van der Waals surface area contributed by atoms with E-state index in [9.17, 15) is 9.90 Å². The van der Waals surface area contributed by atoms with E-state index >= 15 is 0 Å². The zero-order valence-electron chi connectivity index (χ0n) is 17.4. The first-order valence-corrected chi connectivity index (χ1v) is 10.5. The van der Waals surface area contributed by atoms with E-state index in [1.54, 1.807) is 28.8 Å². The fourth-order valence-electron chi connectivity index (χ4n) is 3.78. The van der Waals surface area contributed by atoms with Crippen molar-refractivity contribution >= 4 is 28.6 Å². The Labute approximate surface area is 192 Å². The molecule has 0 amide bonds. The number of benzene rings is 2. The number of halogens is 1. The molecule has 0 fully saturated rings. The van der Waals surface area contributed by atoms with E-state index in [1.165, 1.54) is 0 Å². The fourth-order valence-corrected chi connectivity index (χ4v) is 4.03. The third-order valence-electron chi connectivity index (χ3n) is 5.19. The van der Waals surface area contributed by atoms with Gasteiger partial charge in [-0.15, -0.1) is 5.10 Å². The number of carbonyl (C=O) groups is 1. The highest BCUT2D eigenvalue weighted by molar-refractivity contribution is 6.30. The van der Waals surface area contributed by atoms with Gasteiger partial charge in [0.15, 0.2) is 5.82 Å². The third-order valence-corrected chi connectivity index (χ3v) is 5.49. The summed E-state index contributed by atoms with van der Waals surface area (Å²) in [5.74, 6) is -0.518. The van der Waals surface area contributed by atoms with Gasteiger partial charge in [0.1, 0.15) is 5.15 Å². The molecule has 3 aromatic heterocycles. The highest BCUT2D eigenvalue weighted by Gasteiger charge is 2.19. The summed E-state index contributed by atoms with van der Waals surface area (Å²) in [6.07, 6.45) is 0. The number of carboxylic acids is 1. The molecule has 0 aliphatic rings. The summed E-state index contributed by atoms with van der Waals surface area (Å²) in [6.45, 7) is 2.66. The molecule has 0 radical (unpaired) electrons. The minimum Gasteiger partial charge on any atom is -0.478 e. The molecule has 11 heteroatoms. The molecule has 0 aliphatic heterocycles. The van der Waals surface area contributed by atoms with Crippen molar-refractivity contribution < 1.29 is 14.6 Å². The van der Waals surface area contributed by atoms with E-state index in [1.807, 2.05) is 41.8 Å². The number of hydrogen-bond acceptors (Lipinski definition) is 6. The lowest BCUT2D eigenvalue weighted by Crippen LogP contribution is -2.08. The molecule has 166 valence electrons. The number of nitrogens with zero attached hydrogens (tertiary/aromatic N) is 6. The number of nitrogens with one attached hydrogen (secondary N) is 1. The van der Waals surface area contributed by atoms with Crippen LogP contribution in [-0.2, 0) is 6.54 Å². The quantitative estimate of drug-likeness (QED) is 0.376. The van der Waals surface area contributed by atoms with Crippen LogP contribution in [0.15, 0.2) is 54.6 Å². The largest absolute Gasteiger partial charge is 0.478 e. The summed E-state index contributed by atoms with van der Waals surface area (Å²) in [4.78, 5) is 16.3. The number of carboxylic acid groups (broad SMARTS) is 1. The Morgan fingerprint density at radius 2 is 1.97 bits per heavy atom. The molecule has 33 heavy (non-hydrogen) atoms. The summed E-state index contributed by atoms with van der Waals surface area (Å²) < 4.78 is 9.31. The molecule has 5 aromatic rings. The van der Waals surface area contributed by atoms with Crippen LogP contribution in [0.3, 0.4) is 0 Å². The van der Waals surface area contributed by atoms with Gasteiger partial charge >= 0.3 is 5.97 Å². The second-order valence-electron chi connectivity index (χ2n) is 7.19. The van der Waals surface area contributed by atoms with Crippen molar-refractivity contribution in [2.45, 2.75) is 13.5 Å². The predicted octanol–water partition coefficient (Wildman–Crippen LogP) is 3.81. The molecule has 10 nitrogen and oxygen atoms in total. The van der Waals surface area contributed by atoms with Crippen LogP contribution >= 0.6 is 11.6 Å². The average Bonchev–Trinajstić information content (AvgIpc) is 3.54. The first-order chi connectivity index (χ1) is 16.1. The first-order valence-electron chi connectivity index (χ1n) is 10.1. The lowest BCUT2D eigenvalue weighted by molar-refractivity contribution is 0.0698. The highest BCUT2D eigenvalue weighted by Crippen LogP contribution is 2.29. The number of hydrogen-bond donors (Lipinski definition) is 2. The maximum atomic E-state index is 11.8. The number of tetrazole rings is 1. The monoisotopic (exact) mass is 463 g/mol.